The van der Waals surface area contributed by atoms with E-state index in [2.05, 4.69) is 4.98 Å². The van der Waals surface area contributed by atoms with Crippen LogP contribution in [0.1, 0.15) is 43.5 Å². The number of hydrogen-bond acceptors (Lipinski definition) is 3. The van der Waals surface area contributed by atoms with Crippen molar-refractivity contribution in [2.45, 2.75) is 52.0 Å². The number of primary amides is 1. The fraction of sp³-hybridized carbons (Fsp3) is 0.571. The smallest absolute Gasteiger partial charge is 0.251 e. The molecule has 0 saturated heterocycles. The molecule has 1 aromatic rings. The normalized spacial score (nSPS) is 14.9. The van der Waals surface area contributed by atoms with Gasteiger partial charge in [-0.05, 0) is 37.3 Å². The Labute approximate surface area is 113 Å². The van der Waals surface area contributed by atoms with E-state index in [0.29, 0.717) is 5.56 Å². The summed E-state index contributed by atoms with van der Waals surface area (Å²) in [5.74, 6) is -0.581. The molecule has 1 aromatic heterocycles. The number of nitrogens with one attached hydrogen (secondary N) is 1. The Morgan fingerprint density at radius 3 is 2.63 bits per heavy atom. The van der Waals surface area contributed by atoms with Crippen molar-refractivity contribution in [2.24, 2.45) is 11.5 Å². The molecule has 0 aromatic carbocycles. The van der Waals surface area contributed by atoms with Crippen molar-refractivity contribution in [2.75, 3.05) is 0 Å². The molecule has 0 aliphatic heterocycles. The van der Waals surface area contributed by atoms with Gasteiger partial charge < -0.3 is 16.5 Å². The Hall–Kier alpha value is -1.62. The second kappa shape index (κ2) is 7.09. The number of aromatic nitrogens is 1. The van der Waals surface area contributed by atoms with Crippen LogP contribution in [0.3, 0.4) is 0 Å². The molecule has 106 valence electrons. The molecule has 5 nitrogen and oxygen atoms in total. The molecule has 1 unspecified atom stereocenters. The van der Waals surface area contributed by atoms with Crippen molar-refractivity contribution >= 4 is 5.91 Å². The number of fused-ring (bicyclic) bond motifs is 1. The average Bonchev–Trinajstić information content (AvgIpc) is 2.41. The topological polar surface area (TPSA) is 102 Å². The van der Waals surface area contributed by atoms with Crippen LogP contribution in [0, 0.1) is 0 Å². The van der Waals surface area contributed by atoms with E-state index in [0.717, 1.165) is 31.4 Å². The Bertz CT molecular complexity index is 494. The number of H-pyrrole nitrogens is 1. The average molecular weight is 265 g/mol. The minimum atomic E-state index is -0.794. The Kier molecular flexibility index (Phi) is 5.76. The van der Waals surface area contributed by atoms with Crippen LogP contribution < -0.4 is 17.0 Å². The number of carbonyl (C=O) groups excluding carboxylic acids is 1. The summed E-state index contributed by atoms with van der Waals surface area (Å²) in [6, 6.07) is 1.08. The highest BCUT2D eigenvalue weighted by Crippen LogP contribution is 2.18. The number of aromatic amines is 1. The minimum Gasteiger partial charge on any atom is -0.368 e. The number of carbonyl (C=O) groups is 1. The van der Waals surface area contributed by atoms with E-state index in [4.69, 9.17) is 11.5 Å². The first-order chi connectivity index (χ1) is 9.08. The summed E-state index contributed by atoms with van der Waals surface area (Å²) in [4.78, 5) is 25.6. The van der Waals surface area contributed by atoms with Crippen LogP contribution in [-0.2, 0) is 24.1 Å². The lowest BCUT2D eigenvalue weighted by atomic mass is 9.94. The van der Waals surface area contributed by atoms with Crippen molar-refractivity contribution in [3.05, 3.63) is 33.2 Å². The number of nitrogens with two attached hydrogens (primary N) is 2. The van der Waals surface area contributed by atoms with E-state index in [1.807, 2.05) is 19.9 Å². The molecule has 1 aliphatic carbocycles. The molecule has 19 heavy (non-hydrogen) atoms. The molecule has 0 fully saturated rings. The van der Waals surface area contributed by atoms with E-state index < -0.39 is 11.9 Å². The molecule has 0 bridgehead atoms. The van der Waals surface area contributed by atoms with Gasteiger partial charge in [0.15, 0.2) is 0 Å². The summed E-state index contributed by atoms with van der Waals surface area (Å²) in [6.07, 6.45) is 4.36. The molecular formula is C14H23N3O2. The molecule has 5 heteroatoms. The summed E-state index contributed by atoms with van der Waals surface area (Å²) >= 11 is 0. The summed E-state index contributed by atoms with van der Waals surface area (Å²) < 4.78 is 0. The monoisotopic (exact) mass is 265 g/mol. The zero-order valence-corrected chi connectivity index (χ0v) is 11.7. The van der Waals surface area contributed by atoms with Crippen molar-refractivity contribution in [1.29, 1.82) is 0 Å². The fourth-order valence-electron chi connectivity index (χ4n) is 2.21. The van der Waals surface area contributed by atoms with E-state index >= 15 is 0 Å². The largest absolute Gasteiger partial charge is 0.368 e. The van der Waals surface area contributed by atoms with E-state index in [9.17, 15) is 9.59 Å². The molecule has 1 heterocycles. The van der Waals surface area contributed by atoms with Crippen LogP contribution >= 0.6 is 0 Å². The van der Waals surface area contributed by atoms with E-state index in [1.165, 1.54) is 5.56 Å². The SMILES string of the molecule is CC.NC(=O)C(N)Cc1cc2c([nH]c1=O)CCCC2. The number of hydrogen-bond donors (Lipinski definition) is 3. The van der Waals surface area contributed by atoms with Gasteiger partial charge in [0.1, 0.15) is 0 Å². The third-order valence-corrected chi connectivity index (χ3v) is 3.22. The van der Waals surface area contributed by atoms with Gasteiger partial charge in [-0.15, -0.1) is 0 Å². The predicted octanol–water partition coefficient (Wildman–Crippen LogP) is 0.635. The quantitative estimate of drug-likeness (QED) is 0.747. The zero-order valence-electron chi connectivity index (χ0n) is 11.7. The van der Waals surface area contributed by atoms with Crippen LogP contribution in [0.2, 0.25) is 0 Å². The Morgan fingerprint density at radius 1 is 1.37 bits per heavy atom. The highest BCUT2D eigenvalue weighted by Gasteiger charge is 2.16. The van der Waals surface area contributed by atoms with Crippen molar-refractivity contribution in [3.8, 4) is 0 Å². The lowest BCUT2D eigenvalue weighted by molar-refractivity contribution is -0.119. The van der Waals surface area contributed by atoms with Gasteiger partial charge >= 0.3 is 0 Å². The summed E-state index contributed by atoms with van der Waals surface area (Å²) in [7, 11) is 0. The van der Waals surface area contributed by atoms with Gasteiger partial charge in [0.05, 0.1) is 6.04 Å². The number of amides is 1. The van der Waals surface area contributed by atoms with Gasteiger partial charge in [-0.3, -0.25) is 9.59 Å². The fourth-order valence-corrected chi connectivity index (χ4v) is 2.21. The molecule has 1 aliphatic rings. The maximum absolute atomic E-state index is 11.8. The van der Waals surface area contributed by atoms with Gasteiger partial charge in [0, 0.05) is 17.7 Å². The number of aryl methyl sites for hydroxylation is 2. The lowest BCUT2D eigenvalue weighted by Crippen LogP contribution is -2.39. The molecule has 0 saturated carbocycles. The highest BCUT2D eigenvalue weighted by atomic mass is 16.1. The minimum absolute atomic E-state index is 0.151. The summed E-state index contributed by atoms with van der Waals surface area (Å²) in [5.41, 5.74) is 13.3. The standard InChI is InChI=1S/C12H17N3O2.C2H6/c13-9(11(14)16)6-8-5-7-3-1-2-4-10(7)15-12(8)17;1-2/h5,9H,1-4,6,13H2,(H2,14,16)(H,15,17);1-2H3. The molecular weight excluding hydrogens is 242 g/mol. The molecule has 2 rings (SSSR count). The van der Waals surface area contributed by atoms with Gasteiger partial charge in [0.25, 0.3) is 5.56 Å². The second-order valence-electron chi connectivity index (χ2n) is 4.55. The number of rotatable bonds is 3. The van der Waals surface area contributed by atoms with E-state index in [1.54, 1.807) is 0 Å². The lowest BCUT2D eigenvalue weighted by Gasteiger charge is -2.16. The Balaban J connectivity index is 0.000000861. The van der Waals surface area contributed by atoms with Crippen LogP contribution in [0.25, 0.3) is 0 Å². The first-order valence-electron chi connectivity index (χ1n) is 6.87. The summed E-state index contributed by atoms with van der Waals surface area (Å²) in [5, 5.41) is 0. The van der Waals surface area contributed by atoms with Gasteiger partial charge in [-0.2, -0.15) is 0 Å². The molecule has 0 spiro atoms. The molecule has 1 amide bonds. The van der Waals surface area contributed by atoms with Crippen molar-refractivity contribution < 1.29 is 4.79 Å². The van der Waals surface area contributed by atoms with Crippen LogP contribution in [0.4, 0.5) is 0 Å². The molecule has 1 atom stereocenters. The predicted molar refractivity (Wildman–Crippen MR) is 75.9 cm³/mol. The second-order valence-corrected chi connectivity index (χ2v) is 4.55. The first-order valence-corrected chi connectivity index (χ1v) is 6.87. The third-order valence-electron chi connectivity index (χ3n) is 3.22. The van der Waals surface area contributed by atoms with Gasteiger partial charge in [-0.25, -0.2) is 0 Å². The van der Waals surface area contributed by atoms with Crippen molar-refractivity contribution in [3.63, 3.8) is 0 Å². The maximum atomic E-state index is 11.8. The van der Waals surface area contributed by atoms with Crippen molar-refractivity contribution in [1.82, 2.24) is 4.98 Å². The zero-order chi connectivity index (χ0) is 14.4. The number of pyridine rings is 1. The summed E-state index contributed by atoms with van der Waals surface area (Å²) in [6.45, 7) is 4.00. The van der Waals surface area contributed by atoms with E-state index in [-0.39, 0.29) is 12.0 Å². The Morgan fingerprint density at radius 2 is 2.00 bits per heavy atom. The van der Waals surface area contributed by atoms with Crippen LogP contribution in [0.5, 0.6) is 0 Å². The molecule has 5 N–H and O–H groups in total. The first kappa shape index (κ1) is 15.4. The van der Waals surface area contributed by atoms with Gasteiger partial charge in [-0.1, -0.05) is 13.8 Å². The third kappa shape index (κ3) is 3.92. The maximum Gasteiger partial charge on any atom is 0.251 e. The van der Waals surface area contributed by atoms with Gasteiger partial charge in [0.2, 0.25) is 5.91 Å². The van der Waals surface area contributed by atoms with Crippen LogP contribution in [-0.4, -0.2) is 16.9 Å². The molecule has 0 radical (unpaired) electrons. The highest BCUT2D eigenvalue weighted by molar-refractivity contribution is 5.79. The van der Waals surface area contributed by atoms with Crippen LogP contribution in [0.15, 0.2) is 10.9 Å².